The van der Waals surface area contributed by atoms with Crippen molar-refractivity contribution in [2.75, 3.05) is 0 Å². The van der Waals surface area contributed by atoms with Gasteiger partial charge in [0.05, 0.1) is 18.2 Å². The van der Waals surface area contributed by atoms with Crippen LogP contribution in [0.25, 0.3) is 17.0 Å². The Bertz CT molecular complexity index is 1440. The molecular formula is C26H19ClF2N4O2. The second kappa shape index (κ2) is 9.31. The smallest absolute Gasteiger partial charge is 0.322 e. The third-order valence-corrected chi connectivity index (χ3v) is 6.02. The van der Waals surface area contributed by atoms with Crippen molar-refractivity contribution in [2.45, 2.75) is 19.5 Å². The minimum atomic E-state index is -0.736. The summed E-state index contributed by atoms with van der Waals surface area (Å²) in [6.07, 6.45) is 0. The highest BCUT2D eigenvalue weighted by molar-refractivity contribution is 6.30. The maximum atomic E-state index is 14.1. The van der Waals surface area contributed by atoms with Crippen LogP contribution in [-0.2, 0) is 6.54 Å². The molecule has 0 saturated heterocycles. The SMILES string of the molecule is CC1=C(c2nc(-c3cccc(F)c3)no2)C(c2cccc(F)c2)NC(=O)N1Cc1ccc(Cl)cc1. The second-order valence-corrected chi connectivity index (χ2v) is 8.52. The van der Waals surface area contributed by atoms with E-state index >= 15 is 0 Å². The third kappa shape index (κ3) is 4.65. The molecule has 0 aliphatic carbocycles. The Kier molecular flexibility index (Phi) is 6.05. The molecule has 2 heterocycles. The summed E-state index contributed by atoms with van der Waals surface area (Å²) < 4.78 is 33.4. The summed E-state index contributed by atoms with van der Waals surface area (Å²) in [7, 11) is 0. The zero-order valence-electron chi connectivity index (χ0n) is 18.5. The van der Waals surface area contributed by atoms with Gasteiger partial charge in [0, 0.05) is 16.3 Å². The fourth-order valence-electron chi connectivity index (χ4n) is 4.04. The standard InChI is InChI=1S/C26H19ClF2N4O2/c1-15-22(25-31-24(32-35-25)18-5-3-7-21(29)13-18)23(17-4-2-6-20(28)12-17)30-26(34)33(15)14-16-8-10-19(27)11-9-16/h2-13,23H,14H2,1H3,(H,30,34). The Labute approximate surface area is 204 Å². The van der Waals surface area contributed by atoms with Crippen LogP contribution in [0, 0.1) is 11.6 Å². The zero-order chi connectivity index (χ0) is 24.5. The van der Waals surface area contributed by atoms with Gasteiger partial charge in [0.1, 0.15) is 11.6 Å². The first-order valence-electron chi connectivity index (χ1n) is 10.8. The average molecular weight is 493 g/mol. The number of hydrogen-bond acceptors (Lipinski definition) is 4. The Morgan fingerprint density at radius 3 is 2.46 bits per heavy atom. The van der Waals surface area contributed by atoms with Crippen molar-refractivity contribution >= 4 is 23.2 Å². The van der Waals surface area contributed by atoms with E-state index in [1.807, 2.05) is 12.1 Å². The minimum Gasteiger partial charge on any atom is -0.334 e. The molecule has 0 bridgehead atoms. The van der Waals surface area contributed by atoms with Crippen molar-refractivity contribution in [3.05, 3.63) is 112 Å². The van der Waals surface area contributed by atoms with Crippen LogP contribution in [-0.4, -0.2) is 21.1 Å². The number of carbonyl (C=O) groups is 1. The Morgan fingerprint density at radius 2 is 1.74 bits per heavy atom. The van der Waals surface area contributed by atoms with Gasteiger partial charge in [-0.3, -0.25) is 4.90 Å². The maximum Gasteiger partial charge on any atom is 0.322 e. The van der Waals surface area contributed by atoms with E-state index in [2.05, 4.69) is 15.5 Å². The van der Waals surface area contributed by atoms with Gasteiger partial charge in [0.15, 0.2) is 0 Å². The van der Waals surface area contributed by atoms with Crippen LogP contribution in [0.4, 0.5) is 13.6 Å². The lowest BCUT2D eigenvalue weighted by Gasteiger charge is -2.35. The number of nitrogens with zero attached hydrogens (tertiary/aromatic N) is 3. The molecule has 0 radical (unpaired) electrons. The van der Waals surface area contributed by atoms with Crippen molar-refractivity contribution in [1.82, 2.24) is 20.4 Å². The number of nitrogens with one attached hydrogen (secondary N) is 1. The molecule has 35 heavy (non-hydrogen) atoms. The molecule has 0 saturated carbocycles. The molecule has 1 unspecified atom stereocenters. The number of allylic oxidation sites excluding steroid dienone is 1. The number of benzene rings is 3. The Morgan fingerprint density at radius 1 is 1.03 bits per heavy atom. The predicted molar refractivity (Wildman–Crippen MR) is 127 cm³/mol. The summed E-state index contributed by atoms with van der Waals surface area (Å²) in [4.78, 5) is 19.2. The largest absolute Gasteiger partial charge is 0.334 e. The first kappa shape index (κ1) is 22.7. The predicted octanol–water partition coefficient (Wildman–Crippen LogP) is 6.37. The van der Waals surface area contributed by atoms with Crippen LogP contribution in [0.2, 0.25) is 5.02 Å². The molecule has 6 nitrogen and oxygen atoms in total. The molecule has 3 aromatic carbocycles. The van der Waals surface area contributed by atoms with E-state index in [0.29, 0.717) is 27.4 Å². The van der Waals surface area contributed by atoms with Crippen LogP contribution in [0.3, 0.4) is 0 Å². The zero-order valence-corrected chi connectivity index (χ0v) is 19.3. The van der Waals surface area contributed by atoms with Crippen molar-refractivity contribution in [2.24, 2.45) is 0 Å². The number of urea groups is 1. The van der Waals surface area contributed by atoms with Crippen molar-refractivity contribution in [3.63, 3.8) is 0 Å². The minimum absolute atomic E-state index is 0.136. The molecule has 5 rings (SSSR count). The number of amides is 2. The van der Waals surface area contributed by atoms with E-state index < -0.39 is 17.7 Å². The number of halogens is 3. The van der Waals surface area contributed by atoms with Crippen LogP contribution < -0.4 is 5.32 Å². The van der Waals surface area contributed by atoms with Crippen molar-refractivity contribution in [3.8, 4) is 11.4 Å². The van der Waals surface area contributed by atoms with E-state index in [0.717, 1.165) is 5.56 Å². The van der Waals surface area contributed by atoms with Crippen LogP contribution in [0.15, 0.2) is 83.0 Å². The van der Waals surface area contributed by atoms with Crippen molar-refractivity contribution < 1.29 is 18.1 Å². The van der Waals surface area contributed by atoms with E-state index in [4.69, 9.17) is 16.1 Å². The fraction of sp³-hybridized carbons (Fsp3) is 0.115. The number of hydrogen-bond donors (Lipinski definition) is 1. The monoisotopic (exact) mass is 492 g/mol. The lowest BCUT2D eigenvalue weighted by atomic mass is 9.94. The molecule has 1 aromatic heterocycles. The summed E-state index contributed by atoms with van der Waals surface area (Å²) in [5.74, 6) is -0.541. The molecule has 9 heteroatoms. The van der Waals surface area contributed by atoms with Gasteiger partial charge in [-0.25, -0.2) is 13.6 Å². The van der Waals surface area contributed by atoms with Crippen LogP contribution >= 0.6 is 11.6 Å². The summed E-state index contributed by atoms with van der Waals surface area (Å²) in [6.45, 7) is 2.03. The van der Waals surface area contributed by atoms with Gasteiger partial charge < -0.3 is 9.84 Å². The number of carbonyl (C=O) groups excluding carboxylic acids is 1. The topological polar surface area (TPSA) is 71.3 Å². The molecule has 1 aliphatic heterocycles. The quantitative estimate of drug-likeness (QED) is 0.351. The Balaban J connectivity index is 1.60. The van der Waals surface area contributed by atoms with Gasteiger partial charge in [-0.2, -0.15) is 4.98 Å². The van der Waals surface area contributed by atoms with Gasteiger partial charge in [0.25, 0.3) is 5.89 Å². The summed E-state index contributed by atoms with van der Waals surface area (Å²) >= 11 is 5.99. The molecule has 0 spiro atoms. The molecule has 1 atom stereocenters. The van der Waals surface area contributed by atoms with Crippen LogP contribution in [0.1, 0.15) is 30.0 Å². The average Bonchev–Trinajstić information content (AvgIpc) is 3.32. The molecule has 0 fully saturated rings. The van der Waals surface area contributed by atoms with Gasteiger partial charge in [-0.15, -0.1) is 0 Å². The summed E-state index contributed by atoms with van der Waals surface area (Å²) in [5, 5.41) is 7.53. The fourth-order valence-corrected chi connectivity index (χ4v) is 4.16. The molecule has 1 aliphatic rings. The maximum absolute atomic E-state index is 14.1. The van der Waals surface area contributed by atoms with E-state index in [9.17, 15) is 13.6 Å². The van der Waals surface area contributed by atoms with Gasteiger partial charge in [-0.05, 0) is 54.4 Å². The summed E-state index contributed by atoms with van der Waals surface area (Å²) in [6, 6.07) is 17.8. The van der Waals surface area contributed by atoms with Gasteiger partial charge in [-0.1, -0.05) is 53.2 Å². The Hall–Kier alpha value is -4.04. The van der Waals surface area contributed by atoms with Crippen molar-refractivity contribution in [1.29, 1.82) is 0 Å². The third-order valence-electron chi connectivity index (χ3n) is 5.77. The highest BCUT2D eigenvalue weighted by Gasteiger charge is 2.36. The summed E-state index contributed by atoms with van der Waals surface area (Å²) in [5.41, 5.74) is 2.90. The van der Waals surface area contributed by atoms with Crippen LogP contribution in [0.5, 0.6) is 0 Å². The number of rotatable bonds is 5. The van der Waals surface area contributed by atoms with E-state index in [-0.39, 0.29) is 24.3 Å². The van der Waals surface area contributed by atoms with E-state index in [1.54, 1.807) is 48.2 Å². The molecule has 2 amide bonds. The molecule has 1 N–H and O–H groups in total. The lowest BCUT2D eigenvalue weighted by Crippen LogP contribution is -2.45. The number of aromatic nitrogens is 2. The normalized spacial score (nSPS) is 15.9. The van der Waals surface area contributed by atoms with Gasteiger partial charge in [0.2, 0.25) is 5.82 Å². The van der Waals surface area contributed by atoms with E-state index in [1.165, 1.54) is 24.3 Å². The lowest BCUT2D eigenvalue weighted by molar-refractivity contribution is 0.203. The second-order valence-electron chi connectivity index (χ2n) is 8.08. The first-order valence-corrected chi connectivity index (χ1v) is 11.2. The van der Waals surface area contributed by atoms with Gasteiger partial charge >= 0.3 is 6.03 Å². The highest BCUT2D eigenvalue weighted by Crippen LogP contribution is 2.38. The molecule has 176 valence electrons. The highest BCUT2D eigenvalue weighted by atomic mass is 35.5. The molecular weight excluding hydrogens is 474 g/mol. The molecule has 4 aromatic rings. The first-order chi connectivity index (χ1) is 16.9.